The Kier molecular flexibility index (Phi) is 6.53. The van der Waals surface area contributed by atoms with Gasteiger partial charge in [0.15, 0.2) is 22.9 Å². The molecule has 0 saturated heterocycles. The molecule has 6 nitrogen and oxygen atoms in total. The Morgan fingerprint density at radius 1 is 1.13 bits per heavy atom. The smallest absolute Gasteiger partial charge is 0.490 e. The lowest BCUT2D eigenvalue weighted by Crippen LogP contribution is -2.17. The number of ether oxygens (including phenoxy) is 2. The summed E-state index contributed by atoms with van der Waals surface area (Å²) in [6.07, 6.45) is -4.15. The molecule has 3 aromatic rings. The van der Waals surface area contributed by atoms with E-state index < -0.39 is 18.0 Å². The largest absolute Gasteiger partial charge is 0.573 e. The third-order valence-corrected chi connectivity index (χ3v) is 4.53. The molecule has 0 radical (unpaired) electrons. The molecule has 1 amide bonds. The number of carbonyl (C=O) groups is 2. The molecule has 0 aliphatic rings. The maximum absolute atomic E-state index is 12.4. The van der Waals surface area contributed by atoms with Gasteiger partial charge in [-0.25, -0.2) is 0 Å². The number of carbonyl (C=O) groups excluding carboxylic acids is 2. The second-order valence-corrected chi connectivity index (χ2v) is 6.69. The van der Waals surface area contributed by atoms with E-state index in [1.165, 1.54) is 12.1 Å². The number of hydrogen-bond acceptors (Lipinski definition) is 5. The number of amides is 1. The number of alkyl halides is 3. The standard InChI is InChI=1S/C22H20F3NO5/c1-2-29-18-11-5-9-15-16(20(21(26)28)30-19(15)18)8-4-10-17(27)13-6-3-7-14(12-13)31-22(23,24)25/h3,5-7,9,11-12H,2,4,8,10H2,1H3,(H2,26,28). The first-order valence-corrected chi connectivity index (χ1v) is 9.55. The number of aryl methyl sites for hydroxylation is 1. The van der Waals surface area contributed by atoms with Crippen molar-refractivity contribution in [1.29, 1.82) is 0 Å². The van der Waals surface area contributed by atoms with E-state index in [0.717, 1.165) is 12.1 Å². The van der Waals surface area contributed by atoms with Crippen LogP contribution in [0.2, 0.25) is 0 Å². The number of rotatable bonds is 9. The van der Waals surface area contributed by atoms with Gasteiger partial charge in [-0.15, -0.1) is 13.2 Å². The molecule has 0 spiro atoms. The molecule has 0 fully saturated rings. The zero-order valence-electron chi connectivity index (χ0n) is 16.6. The summed E-state index contributed by atoms with van der Waals surface area (Å²) >= 11 is 0. The van der Waals surface area contributed by atoms with E-state index in [4.69, 9.17) is 14.9 Å². The zero-order valence-corrected chi connectivity index (χ0v) is 16.6. The normalized spacial score (nSPS) is 11.5. The summed E-state index contributed by atoms with van der Waals surface area (Å²) in [5, 5.41) is 0.660. The van der Waals surface area contributed by atoms with Crippen LogP contribution in [0, 0.1) is 0 Å². The Morgan fingerprint density at radius 2 is 1.87 bits per heavy atom. The van der Waals surface area contributed by atoms with Crippen LogP contribution >= 0.6 is 0 Å². The summed E-state index contributed by atoms with van der Waals surface area (Å²) in [4.78, 5) is 24.3. The fraction of sp³-hybridized carbons (Fsp3) is 0.273. The number of furan rings is 1. The Balaban J connectivity index is 1.75. The number of nitrogens with two attached hydrogens (primary N) is 1. The van der Waals surface area contributed by atoms with Crippen LogP contribution in [0.3, 0.4) is 0 Å². The van der Waals surface area contributed by atoms with Crippen LogP contribution < -0.4 is 15.2 Å². The molecule has 9 heteroatoms. The fourth-order valence-corrected chi connectivity index (χ4v) is 3.30. The Bertz CT molecular complexity index is 1100. The average Bonchev–Trinajstić information content (AvgIpc) is 3.07. The highest BCUT2D eigenvalue weighted by atomic mass is 19.4. The first-order valence-electron chi connectivity index (χ1n) is 9.55. The van der Waals surface area contributed by atoms with Crippen molar-refractivity contribution in [3.05, 3.63) is 59.4 Å². The lowest BCUT2D eigenvalue weighted by Gasteiger charge is -2.09. The van der Waals surface area contributed by atoms with E-state index in [9.17, 15) is 22.8 Å². The highest BCUT2D eigenvalue weighted by Gasteiger charge is 2.31. The van der Waals surface area contributed by atoms with E-state index >= 15 is 0 Å². The van der Waals surface area contributed by atoms with Crippen molar-refractivity contribution in [3.8, 4) is 11.5 Å². The molecule has 2 N–H and O–H groups in total. The molecule has 164 valence electrons. The molecule has 0 saturated carbocycles. The summed E-state index contributed by atoms with van der Waals surface area (Å²) in [5.41, 5.74) is 6.51. The van der Waals surface area contributed by atoms with Gasteiger partial charge in [-0.05, 0) is 38.0 Å². The van der Waals surface area contributed by atoms with E-state index in [1.807, 2.05) is 6.92 Å². The van der Waals surface area contributed by atoms with Gasteiger partial charge in [-0.3, -0.25) is 9.59 Å². The second kappa shape index (κ2) is 9.11. The van der Waals surface area contributed by atoms with E-state index in [1.54, 1.807) is 18.2 Å². The highest BCUT2D eigenvalue weighted by Crippen LogP contribution is 2.34. The van der Waals surface area contributed by atoms with Crippen LogP contribution in [0.1, 0.15) is 46.2 Å². The van der Waals surface area contributed by atoms with Crippen molar-refractivity contribution in [3.63, 3.8) is 0 Å². The number of ketones is 1. The number of para-hydroxylation sites is 1. The number of halogens is 3. The monoisotopic (exact) mass is 435 g/mol. The van der Waals surface area contributed by atoms with Gasteiger partial charge >= 0.3 is 6.36 Å². The van der Waals surface area contributed by atoms with Crippen molar-refractivity contribution in [2.45, 2.75) is 32.5 Å². The van der Waals surface area contributed by atoms with Crippen molar-refractivity contribution in [1.82, 2.24) is 0 Å². The molecule has 0 bridgehead atoms. The molecule has 0 aliphatic heterocycles. The molecular formula is C22H20F3NO5. The predicted octanol–water partition coefficient (Wildman–Crippen LogP) is 5.03. The molecule has 0 aliphatic carbocycles. The van der Waals surface area contributed by atoms with Crippen molar-refractivity contribution >= 4 is 22.7 Å². The summed E-state index contributed by atoms with van der Waals surface area (Å²) in [5.74, 6) is -1.08. The van der Waals surface area contributed by atoms with E-state index in [-0.39, 0.29) is 23.5 Å². The number of fused-ring (bicyclic) bond motifs is 1. The molecule has 31 heavy (non-hydrogen) atoms. The molecule has 2 aromatic carbocycles. The Morgan fingerprint density at radius 3 is 2.55 bits per heavy atom. The van der Waals surface area contributed by atoms with Gasteiger partial charge in [-0.2, -0.15) is 0 Å². The van der Waals surface area contributed by atoms with Crippen LogP contribution in [-0.4, -0.2) is 24.7 Å². The van der Waals surface area contributed by atoms with Gasteiger partial charge < -0.3 is 19.6 Å². The van der Waals surface area contributed by atoms with Crippen molar-refractivity contribution in [2.24, 2.45) is 5.73 Å². The summed E-state index contributed by atoms with van der Waals surface area (Å²) < 4.78 is 52.1. The van der Waals surface area contributed by atoms with E-state index in [0.29, 0.717) is 41.7 Å². The zero-order chi connectivity index (χ0) is 22.6. The van der Waals surface area contributed by atoms with Gasteiger partial charge in [0.05, 0.1) is 6.61 Å². The minimum absolute atomic E-state index is 0.00447. The molecule has 0 atom stereocenters. The Hall–Kier alpha value is -3.49. The van der Waals surface area contributed by atoms with Crippen molar-refractivity contribution < 1.29 is 36.7 Å². The van der Waals surface area contributed by atoms with Crippen LogP contribution in [0.4, 0.5) is 13.2 Å². The van der Waals surface area contributed by atoms with Crippen LogP contribution in [0.25, 0.3) is 11.0 Å². The fourth-order valence-electron chi connectivity index (χ4n) is 3.30. The lowest BCUT2D eigenvalue weighted by molar-refractivity contribution is -0.274. The Labute approximate surface area is 175 Å². The first kappa shape index (κ1) is 22.2. The van der Waals surface area contributed by atoms with E-state index in [2.05, 4.69) is 4.74 Å². The quantitative estimate of drug-likeness (QED) is 0.476. The van der Waals surface area contributed by atoms with Gasteiger partial charge in [0.25, 0.3) is 5.91 Å². The van der Waals surface area contributed by atoms with Crippen LogP contribution in [0.5, 0.6) is 11.5 Å². The summed E-state index contributed by atoms with van der Waals surface area (Å²) in [6.45, 7) is 2.23. The number of benzene rings is 2. The minimum Gasteiger partial charge on any atom is -0.490 e. The number of hydrogen-bond donors (Lipinski definition) is 1. The van der Waals surface area contributed by atoms with Gasteiger partial charge in [0.1, 0.15) is 5.75 Å². The molecule has 1 aromatic heterocycles. The number of Topliss-reactive ketones (excluding diaryl/α,β-unsaturated/α-hetero) is 1. The maximum atomic E-state index is 12.4. The molecular weight excluding hydrogens is 415 g/mol. The second-order valence-electron chi connectivity index (χ2n) is 6.69. The van der Waals surface area contributed by atoms with Crippen molar-refractivity contribution in [2.75, 3.05) is 6.61 Å². The number of primary amides is 1. The predicted molar refractivity (Wildman–Crippen MR) is 106 cm³/mol. The first-order chi connectivity index (χ1) is 14.7. The van der Waals surface area contributed by atoms with Gasteiger partial charge in [0.2, 0.25) is 0 Å². The molecule has 0 unspecified atom stereocenters. The minimum atomic E-state index is -4.84. The lowest BCUT2D eigenvalue weighted by atomic mass is 10.00. The summed E-state index contributed by atoms with van der Waals surface area (Å²) in [7, 11) is 0. The highest BCUT2D eigenvalue weighted by molar-refractivity contribution is 6.00. The molecule has 1 heterocycles. The van der Waals surface area contributed by atoms with Crippen LogP contribution in [-0.2, 0) is 6.42 Å². The average molecular weight is 435 g/mol. The van der Waals surface area contributed by atoms with Crippen LogP contribution in [0.15, 0.2) is 46.9 Å². The topological polar surface area (TPSA) is 91.8 Å². The summed E-state index contributed by atoms with van der Waals surface area (Å²) in [6, 6.07) is 10.1. The third kappa shape index (κ3) is 5.36. The van der Waals surface area contributed by atoms with Gasteiger partial charge in [-0.1, -0.05) is 24.3 Å². The third-order valence-electron chi connectivity index (χ3n) is 4.53. The SMILES string of the molecule is CCOc1cccc2c(CCCC(=O)c3cccc(OC(F)(F)F)c3)c(C(N)=O)oc12. The van der Waals surface area contributed by atoms with Gasteiger partial charge in [0, 0.05) is 22.9 Å². The molecule has 3 rings (SSSR count). The maximum Gasteiger partial charge on any atom is 0.573 e.